The van der Waals surface area contributed by atoms with Crippen molar-refractivity contribution in [2.45, 2.75) is 76.7 Å². The van der Waals surface area contributed by atoms with Gasteiger partial charge in [0.2, 0.25) is 0 Å². The first-order valence-corrected chi connectivity index (χ1v) is 10.6. The van der Waals surface area contributed by atoms with Crippen molar-refractivity contribution in [1.82, 2.24) is 0 Å². The largest absolute Gasteiger partial charge is 0.513 e. The van der Waals surface area contributed by atoms with Crippen molar-refractivity contribution in [2.75, 3.05) is 19.8 Å². The van der Waals surface area contributed by atoms with E-state index in [0.717, 1.165) is 11.1 Å². The van der Waals surface area contributed by atoms with Crippen LogP contribution in [0.4, 0.5) is 4.79 Å². The van der Waals surface area contributed by atoms with E-state index in [-0.39, 0.29) is 31.5 Å². The molecule has 4 N–H and O–H groups in total. The summed E-state index contributed by atoms with van der Waals surface area (Å²) in [7, 11) is 0. The van der Waals surface area contributed by atoms with Crippen LogP contribution >= 0.6 is 0 Å². The summed E-state index contributed by atoms with van der Waals surface area (Å²) >= 11 is 0. The Labute approximate surface area is 182 Å². The molecular formula is C22H34O9. The number of carbonyl (C=O) groups is 1. The second-order valence-corrected chi connectivity index (χ2v) is 8.20. The fourth-order valence-electron chi connectivity index (χ4n) is 3.33. The summed E-state index contributed by atoms with van der Waals surface area (Å²) in [5.74, 6) is 0.872. The monoisotopic (exact) mass is 442 g/mol. The summed E-state index contributed by atoms with van der Waals surface area (Å²) < 4.78 is 21.3. The fourth-order valence-corrected chi connectivity index (χ4v) is 3.33. The second-order valence-electron chi connectivity index (χ2n) is 8.20. The van der Waals surface area contributed by atoms with Crippen molar-refractivity contribution in [3.05, 3.63) is 29.3 Å². The molecule has 9 heteroatoms. The zero-order valence-corrected chi connectivity index (χ0v) is 18.4. The van der Waals surface area contributed by atoms with Crippen LogP contribution in [0.15, 0.2) is 18.2 Å². The average Bonchev–Trinajstić information content (AvgIpc) is 2.73. The first-order valence-electron chi connectivity index (χ1n) is 10.6. The lowest BCUT2D eigenvalue weighted by Gasteiger charge is -2.39. The number of benzene rings is 1. The minimum absolute atomic E-state index is 0.0110. The maximum absolute atomic E-state index is 12.2. The molecule has 1 heterocycles. The zero-order valence-electron chi connectivity index (χ0n) is 18.4. The topological polar surface area (TPSA) is 135 Å². The minimum Gasteiger partial charge on any atom is -0.434 e. The lowest BCUT2D eigenvalue weighted by molar-refractivity contribution is -0.301. The molecule has 1 aliphatic rings. The molecular weight excluding hydrogens is 408 g/mol. The highest BCUT2D eigenvalue weighted by Gasteiger charge is 2.43. The van der Waals surface area contributed by atoms with Gasteiger partial charge in [0, 0.05) is 6.42 Å². The van der Waals surface area contributed by atoms with Gasteiger partial charge < -0.3 is 39.4 Å². The maximum atomic E-state index is 12.2. The molecule has 5 atom stereocenters. The second kappa shape index (κ2) is 11.8. The molecule has 0 amide bonds. The third-order valence-corrected chi connectivity index (χ3v) is 5.14. The summed E-state index contributed by atoms with van der Waals surface area (Å²) in [4.78, 5) is 12.2. The molecule has 0 aromatic heterocycles. The van der Waals surface area contributed by atoms with Gasteiger partial charge in [0.05, 0.1) is 19.8 Å². The molecule has 0 radical (unpaired) electrons. The molecule has 1 aliphatic heterocycles. The third-order valence-electron chi connectivity index (χ3n) is 5.14. The van der Waals surface area contributed by atoms with Gasteiger partial charge in [-0.1, -0.05) is 45.9 Å². The Morgan fingerprint density at radius 2 is 1.61 bits per heavy atom. The molecule has 0 aliphatic carbocycles. The quantitative estimate of drug-likeness (QED) is 0.256. The zero-order chi connectivity index (χ0) is 23.1. The van der Waals surface area contributed by atoms with Crippen LogP contribution in [0.3, 0.4) is 0 Å². The molecule has 31 heavy (non-hydrogen) atoms. The molecule has 1 fully saturated rings. The number of carbonyl (C=O) groups excluding carboxylic acids is 1. The predicted octanol–water partition coefficient (Wildman–Crippen LogP) is 1.66. The first-order chi connectivity index (χ1) is 14.7. The van der Waals surface area contributed by atoms with E-state index in [1.807, 2.05) is 45.9 Å². The normalized spacial score (nSPS) is 26.3. The molecule has 0 bridgehead atoms. The van der Waals surface area contributed by atoms with Gasteiger partial charge in [-0.2, -0.15) is 0 Å². The SMILES string of the molecule is CC(C)c1cccc(C(C)C)c1OC(=O)OCCCOC1O[C@H](CO)[C@@H](O)[C@H](O)[C@H]1O. The fraction of sp³-hybridized carbons (Fsp3) is 0.682. The predicted molar refractivity (Wildman–Crippen MR) is 111 cm³/mol. The number of aliphatic hydroxyl groups is 4. The Balaban J connectivity index is 1.82. The number of ether oxygens (including phenoxy) is 4. The highest BCUT2D eigenvalue weighted by Crippen LogP contribution is 2.34. The van der Waals surface area contributed by atoms with E-state index in [1.165, 1.54) is 0 Å². The summed E-state index contributed by atoms with van der Waals surface area (Å²) in [6.45, 7) is 7.62. The van der Waals surface area contributed by atoms with Gasteiger partial charge in [0.1, 0.15) is 30.2 Å². The Bertz CT molecular complexity index is 678. The van der Waals surface area contributed by atoms with Gasteiger partial charge in [-0.25, -0.2) is 4.79 Å². The molecule has 1 unspecified atom stereocenters. The Morgan fingerprint density at radius 1 is 1.00 bits per heavy atom. The van der Waals surface area contributed by atoms with Gasteiger partial charge in [0.25, 0.3) is 0 Å². The van der Waals surface area contributed by atoms with Crippen LogP contribution in [0.5, 0.6) is 5.75 Å². The van der Waals surface area contributed by atoms with Crippen LogP contribution in [0.2, 0.25) is 0 Å². The summed E-state index contributed by atoms with van der Waals surface area (Å²) in [6, 6.07) is 5.79. The van der Waals surface area contributed by atoms with E-state index in [1.54, 1.807) is 0 Å². The van der Waals surface area contributed by atoms with Crippen molar-refractivity contribution in [3.63, 3.8) is 0 Å². The van der Waals surface area contributed by atoms with E-state index in [4.69, 9.17) is 18.9 Å². The molecule has 1 saturated heterocycles. The van der Waals surface area contributed by atoms with Gasteiger partial charge >= 0.3 is 6.16 Å². The van der Waals surface area contributed by atoms with Gasteiger partial charge in [-0.05, 0) is 23.0 Å². The van der Waals surface area contributed by atoms with E-state index < -0.39 is 43.5 Å². The molecule has 0 spiro atoms. The van der Waals surface area contributed by atoms with Gasteiger partial charge in [-0.15, -0.1) is 0 Å². The van der Waals surface area contributed by atoms with E-state index in [2.05, 4.69) is 0 Å². The van der Waals surface area contributed by atoms with Crippen LogP contribution in [-0.4, -0.2) is 77.1 Å². The smallest absolute Gasteiger partial charge is 0.434 e. The highest BCUT2D eigenvalue weighted by atomic mass is 16.7. The van der Waals surface area contributed by atoms with Crippen molar-refractivity contribution in [1.29, 1.82) is 0 Å². The molecule has 0 saturated carbocycles. The van der Waals surface area contributed by atoms with E-state index in [9.17, 15) is 25.2 Å². The molecule has 2 rings (SSSR count). The third kappa shape index (κ3) is 6.61. The van der Waals surface area contributed by atoms with Crippen LogP contribution in [0.25, 0.3) is 0 Å². The molecule has 176 valence electrons. The number of para-hydroxylation sites is 1. The van der Waals surface area contributed by atoms with Crippen LogP contribution < -0.4 is 4.74 Å². The summed E-state index contributed by atoms with van der Waals surface area (Å²) in [5.41, 5.74) is 1.85. The number of rotatable bonds is 9. The van der Waals surface area contributed by atoms with Crippen molar-refractivity contribution >= 4 is 6.16 Å². The van der Waals surface area contributed by atoms with Crippen molar-refractivity contribution in [2.24, 2.45) is 0 Å². The Kier molecular flexibility index (Phi) is 9.67. The lowest BCUT2D eigenvalue weighted by atomic mass is 9.94. The van der Waals surface area contributed by atoms with E-state index >= 15 is 0 Å². The highest BCUT2D eigenvalue weighted by molar-refractivity contribution is 5.66. The van der Waals surface area contributed by atoms with Gasteiger partial charge in [-0.3, -0.25) is 0 Å². The van der Waals surface area contributed by atoms with Crippen molar-refractivity contribution < 1.29 is 44.2 Å². The Morgan fingerprint density at radius 3 is 2.16 bits per heavy atom. The van der Waals surface area contributed by atoms with Crippen molar-refractivity contribution in [3.8, 4) is 5.75 Å². The summed E-state index contributed by atoms with van der Waals surface area (Å²) in [5, 5.41) is 38.6. The van der Waals surface area contributed by atoms with Crippen LogP contribution in [0.1, 0.15) is 57.1 Å². The Hall–Kier alpha value is -1.75. The standard InChI is InChI=1S/C22H34O9/c1-12(2)14-7-5-8-15(13(3)4)20(14)31-22(27)29-10-6-9-28-21-19(26)18(25)17(24)16(11-23)30-21/h5,7-8,12-13,16-19,21,23-26H,6,9-11H2,1-4H3/t16-,17-,18+,19-,21?/m1/s1. The van der Waals surface area contributed by atoms with E-state index in [0.29, 0.717) is 5.75 Å². The number of hydrogen-bond donors (Lipinski definition) is 4. The first kappa shape index (κ1) is 25.5. The summed E-state index contributed by atoms with van der Waals surface area (Å²) in [6.07, 6.45) is -7.19. The maximum Gasteiger partial charge on any atom is 0.513 e. The molecule has 9 nitrogen and oxygen atoms in total. The minimum atomic E-state index is -1.50. The molecule has 1 aromatic rings. The van der Waals surface area contributed by atoms with Crippen LogP contribution in [0, 0.1) is 0 Å². The molecule has 1 aromatic carbocycles. The van der Waals surface area contributed by atoms with Crippen LogP contribution in [-0.2, 0) is 14.2 Å². The number of hydrogen-bond acceptors (Lipinski definition) is 9. The lowest BCUT2D eigenvalue weighted by Crippen LogP contribution is -2.59. The average molecular weight is 443 g/mol. The van der Waals surface area contributed by atoms with Gasteiger partial charge in [0.15, 0.2) is 6.29 Å². The number of aliphatic hydroxyl groups excluding tert-OH is 4.